The molecule has 0 aromatic rings. The molecular weight excluding hydrogens is 186 g/mol. The standard InChI is InChI=1S/C4H5Cl3O2/c1-9-4(8)2(5)3(6)7/h2-3H,1H3/t2-/m0/s1. The number of halogens is 3. The van der Waals surface area contributed by atoms with Crippen molar-refractivity contribution in [2.45, 2.75) is 10.2 Å². The molecule has 0 aromatic heterocycles. The van der Waals surface area contributed by atoms with Crippen molar-refractivity contribution in [3.63, 3.8) is 0 Å². The molecule has 0 heterocycles. The first-order chi connectivity index (χ1) is 4.09. The summed E-state index contributed by atoms with van der Waals surface area (Å²) in [5, 5.41) is -0.974. The molecular formula is C4H5Cl3O2. The Morgan fingerprint density at radius 1 is 1.44 bits per heavy atom. The van der Waals surface area contributed by atoms with Crippen molar-refractivity contribution >= 4 is 40.8 Å². The highest BCUT2D eigenvalue weighted by Crippen LogP contribution is 2.14. The van der Waals surface area contributed by atoms with Crippen LogP contribution in [0.15, 0.2) is 0 Å². The van der Waals surface area contributed by atoms with Gasteiger partial charge in [0.15, 0.2) is 5.38 Å². The number of carbonyl (C=O) groups excluding carboxylic acids is 1. The maximum absolute atomic E-state index is 10.4. The SMILES string of the molecule is COC(=O)[C@@H](Cl)C(Cl)Cl. The summed E-state index contributed by atoms with van der Waals surface area (Å²) >= 11 is 15.8. The molecule has 0 amide bonds. The molecule has 0 spiro atoms. The Kier molecular flexibility index (Phi) is 4.36. The van der Waals surface area contributed by atoms with Crippen molar-refractivity contribution in [2.24, 2.45) is 0 Å². The van der Waals surface area contributed by atoms with E-state index in [1.54, 1.807) is 0 Å². The second kappa shape index (κ2) is 4.20. The van der Waals surface area contributed by atoms with E-state index in [1.165, 1.54) is 7.11 Å². The van der Waals surface area contributed by atoms with E-state index in [2.05, 4.69) is 4.74 Å². The largest absolute Gasteiger partial charge is 0.468 e. The lowest BCUT2D eigenvalue weighted by Gasteiger charge is -2.05. The summed E-state index contributed by atoms with van der Waals surface area (Å²) in [6.07, 6.45) is 0. The van der Waals surface area contributed by atoms with Gasteiger partial charge in [-0.3, -0.25) is 4.79 Å². The number of methoxy groups -OCH3 is 1. The summed E-state index contributed by atoms with van der Waals surface area (Å²) in [7, 11) is 1.22. The molecule has 0 unspecified atom stereocenters. The van der Waals surface area contributed by atoms with Gasteiger partial charge in [0.25, 0.3) is 0 Å². The van der Waals surface area contributed by atoms with Crippen LogP contribution in [0.5, 0.6) is 0 Å². The zero-order chi connectivity index (χ0) is 7.44. The van der Waals surface area contributed by atoms with Gasteiger partial charge in [0, 0.05) is 0 Å². The number of carbonyl (C=O) groups is 1. The van der Waals surface area contributed by atoms with E-state index in [0.29, 0.717) is 0 Å². The summed E-state index contributed by atoms with van der Waals surface area (Å²) in [4.78, 5) is 9.51. The molecule has 0 saturated heterocycles. The summed E-state index contributed by atoms with van der Waals surface area (Å²) in [5.74, 6) is -0.619. The summed E-state index contributed by atoms with van der Waals surface area (Å²) in [5.41, 5.74) is 0. The second-order valence-electron chi connectivity index (χ2n) is 1.26. The van der Waals surface area contributed by atoms with Crippen LogP contribution in [0.3, 0.4) is 0 Å². The minimum absolute atomic E-state index is 0.619. The monoisotopic (exact) mass is 190 g/mol. The lowest BCUT2D eigenvalue weighted by molar-refractivity contribution is -0.139. The molecule has 54 valence electrons. The summed E-state index contributed by atoms with van der Waals surface area (Å²) < 4.78 is 4.23. The van der Waals surface area contributed by atoms with E-state index in [9.17, 15) is 4.79 Å². The average molecular weight is 191 g/mol. The van der Waals surface area contributed by atoms with Crippen molar-refractivity contribution in [3.05, 3.63) is 0 Å². The van der Waals surface area contributed by atoms with E-state index >= 15 is 0 Å². The molecule has 0 bridgehead atoms. The molecule has 0 fully saturated rings. The highest BCUT2D eigenvalue weighted by Gasteiger charge is 2.22. The van der Waals surface area contributed by atoms with Gasteiger partial charge in [-0.2, -0.15) is 0 Å². The van der Waals surface area contributed by atoms with Crippen LogP contribution in [0.2, 0.25) is 0 Å². The van der Waals surface area contributed by atoms with Gasteiger partial charge in [0.05, 0.1) is 7.11 Å². The minimum Gasteiger partial charge on any atom is -0.468 e. The fourth-order valence-corrected chi connectivity index (χ4v) is 0.510. The molecule has 2 nitrogen and oxygen atoms in total. The highest BCUT2D eigenvalue weighted by molar-refractivity contribution is 6.51. The lowest BCUT2D eigenvalue weighted by Crippen LogP contribution is -2.22. The number of esters is 1. The number of rotatable bonds is 2. The number of ether oxygens (including phenoxy) is 1. The zero-order valence-corrected chi connectivity index (χ0v) is 6.87. The maximum atomic E-state index is 10.4. The molecule has 0 saturated carbocycles. The van der Waals surface area contributed by atoms with Crippen LogP contribution in [-0.4, -0.2) is 23.3 Å². The smallest absolute Gasteiger partial charge is 0.326 e. The number of alkyl halides is 3. The van der Waals surface area contributed by atoms with E-state index in [-0.39, 0.29) is 0 Å². The normalized spacial score (nSPS) is 13.4. The van der Waals surface area contributed by atoms with Crippen molar-refractivity contribution in [2.75, 3.05) is 7.11 Å². The first-order valence-corrected chi connectivity index (χ1v) is 3.40. The van der Waals surface area contributed by atoms with Gasteiger partial charge >= 0.3 is 5.97 Å². The quantitative estimate of drug-likeness (QED) is 0.489. The summed E-state index contributed by atoms with van der Waals surface area (Å²) in [6.45, 7) is 0. The first-order valence-electron chi connectivity index (χ1n) is 2.09. The molecule has 1 atom stereocenters. The van der Waals surface area contributed by atoms with Crippen LogP contribution < -0.4 is 0 Å². The van der Waals surface area contributed by atoms with Crippen LogP contribution in [0.4, 0.5) is 0 Å². The van der Waals surface area contributed by atoms with E-state index in [1.807, 2.05) is 0 Å². The van der Waals surface area contributed by atoms with Gasteiger partial charge in [-0.25, -0.2) is 0 Å². The molecule has 9 heavy (non-hydrogen) atoms. The van der Waals surface area contributed by atoms with E-state index < -0.39 is 16.2 Å². The third-order valence-corrected chi connectivity index (χ3v) is 1.84. The van der Waals surface area contributed by atoms with Gasteiger partial charge < -0.3 is 4.74 Å². The van der Waals surface area contributed by atoms with Gasteiger partial charge in [-0.05, 0) is 0 Å². The third-order valence-electron chi connectivity index (χ3n) is 0.648. The van der Waals surface area contributed by atoms with Crippen molar-refractivity contribution in [1.82, 2.24) is 0 Å². The molecule has 0 N–H and O–H groups in total. The predicted octanol–water partition coefficient (Wildman–Crippen LogP) is 1.57. The third kappa shape index (κ3) is 3.14. The fourth-order valence-electron chi connectivity index (χ4n) is 0.215. The minimum atomic E-state index is -0.974. The van der Waals surface area contributed by atoms with Gasteiger partial charge in [0.1, 0.15) is 4.84 Å². The van der Waals surface area contributed by atoms with Crippen LogP contribution in [-0.2, 0) is 9.53 Å². The van der Waals surface area contributed by atoms with Crippen LogP contribution in [0.1, 0.15) is 0 Å². The Hall–Kier alpha value is 0.340. The molecule has 5 heteroatoms. The molecule has 0 aliphatic heterocycles. The van der Waals surface area contributed by atoms with Crippen molar-refractivity contribution < 1.29 is 9.53 Å². The van der Waals surface area contributed by atoms with E-state index in [0.717, 1.165) is 0 Å². The van der Waals surface area contributed by atoms with Gasteiger partial charge in [-0.15, -0.1) is 34.8 Å². The van der Waals surface area contributed by atoms with Crippen molar-refractivity contribution in [1.29, 1.82) is 0 Å². The predicted molar refractivity (Wildman–Crippen MR) is 37.2 cm³/mol. The maximum Gasteiger partial charge on any atom is 0.326 e. The summed E-state index contributed by atoms with van der Waals surface area (Å²) in [6, 6.07) is 0. The Balaban J connectivity index is 3.72. The Morgan fingerprint density at radius 3 is 2.00 bits per heavy atom. The Morgan fingerprint density at radius 2 is 1.89 bits per heavy atom. The first kappa shape index (κ1) is 9.34. The molecule has 0 radical (unpaired) electrons. The second-order valence-corrected chi connectivity index (χ2v) is 2.89. The van der Waals surface area contributed by atoms with Crippen LogP contribution >= 0.6 is 34.8 Å². The zero-order valence-electron chi connectivity index (χ0n) is 4.61. The van der Waals surface area contributed by atoms with Gasteiger partial charge in [0.2, 0.25) is 0 Å². The number of hydrogen-bond donors (Lipinski definition) is 0. The highest BCUT2D eigenvalue weighted by atomic mass is 35.5. The topological polar surface area (TPSA) is 26.3 Å². The fraction of sp³-hybridized carbons (Fsp3) is 0.750. The van der Waals surface area contributed by atoms with Crippen molar-refractivity contribution in [3.8, 4) is 0 Å². The molecule has 0 aliphatic rings. The number of hydrogen-bond acceptors (Lipinski definition) is 2. The molecule has 0 rings (SSSR count). The van der Waals surface area contributed by atoms with Crippen LogP contribution in [0, 0.1) is 0 Å². The van der Waals surface area contributed by atoms with Crippen LogP contribution in [0.25, 0.3) is 0 Å². The van der Waals surface area contributed by atoms with Gasteiger partial charge in [-0.1, -0.05) is 0 Å². The van der Waals surface area contributed by atoms with E-state index in [4.69, 9.17) is 34.8 Å². The molecule has 0 aliphatic carbocycles. The molecule has 0 aromatic carbocycles. The lowest BCUT2D eigenvalue weighted by atomic mass is 10.5. The average Bonchev–Trinajstić information content (AvgIpc) is 1.84. The Labute approximate surface area is 68.0 Å². The Bertz CT molecular complexity index is 104.